The van der Waals surface area contributed by atoms with Crippen LogP contribution in [-0.4, -0.2) is 30.4 Å². The first kappa shape index (κ1) is 15.7. The van der Waals surface area contributed by atoms with Gasteiger partial charge in [0.2, 0.25) is 0 Å². The summed E-state index contributed by atoms with van der Waals surface area (Å²) < 4.78 is 5.50. The fourth-order valence-corrected chi connectivity index (χ4v) is 2.61. The lowest BCUT2D eigenvalue weighted by atomic mass is 9.96. The average molecular weight is 272 g/mol. The van der Waals surface area contributed by atoms with Crippen LogP contribution in [0, 0.1) is 5.92 Å². The van der Waals surface area contributed by atoms with Crippen LogP contribution >= 0.6 is 12.2 Å². The third-order valence-corrected chi connectivity index (χ3v) is 3.80. The third-order valence-electron chi connectivity index (χ3n) is 3.56. The van der Waals surface area contributed by atoms with Crippen LogP contribution in [0.25, 0.3) is 0 Å². The molecule has 4 heteroatoms. The normalized spacial score (nSPS) is 18.7. The van der Waals surface area contributed by atoms with E-state index in [0.717, 1.165) is 18.3 Å². The Balaban J connectivity index is 2.30. The van der Waals surface area contributed by atoms with Crippen LogP contribution in [0.15, 0.2) is 0 Å². The van der Waals surface area contributed by atoms with Crippen LogP contribution in [0.1, 0.15) is 52.9 Å². The van der Waals surface area contributed by atoms with E-state index in [1.54, 1.807) is 0 Å². The maximum atomic E-state index is 5.50. The zero-order valence-corrected chi connectivity index (χ0v) is 12.8. The summed E-state index contributed by atoms with van der Waals surface area (Å²) in [6.45, 7) is 7.89. The van der Waals surface area contributed by atoms with Crippen LogP contribution in [0.3, 0.4) is 0 Å². The molecule has 1 aliphatic rings. The van der Waals surface area contributed by atoms with E-state index < -0.39 is 0 Å². The summed E-state index contributed by atoms with van der Waals surface area (Å²) in [6, 6.07) is 0.868. The Kier molecular flexibility index (Phi) is 7.59. The smallest absolute Gasteiger partial charge is 0.166 e. The SMILES string of the molecule is CCOCC(NC(=S)NC1CCCCC1)C(C)C. The second kappa shape index (κ2) is 8.70. The van der Waals surface area contributed by atoms with Crippen molar-refractivity contribution in [1.29, 1.82) is 0 Å². The molecule has 18 heavy (non-hydrogen) atoms. The third kappa shape index (κ3) is 6.01. The molecule has 1 atom stereocenters. The molecule has 3 nitrogen and oxygen atoms in total. The van der Waals surface area contributed by atoms with Crippen molar-refractivity contribution in [2.45, 2.75) is 65.0 Å². The monoisotopic (exact) mass is 272 g/mol. The summed E-state index contributed by atoms with van der Waals surface area (Å²) in [6.07, 6.45) is 6.52. The molecule has 0 aliphatic heterocycles. The Morgan fingerprint density at radius 1 is 1.28 bits per heavy atom. The summed E-state index contributed by atoms with van der Waals surface area (Å²) in [5.74, 6) is 0.516. The molecule has 0 aromatic carbocycles. The van der Waals surface area contributed by atoms with Gasteiger partial charge in [-0.05, 0) is 37.9 Å². The van der Waals surface area contributed by atoms with Gasteiger partial charge >= 0.3 is 0 Å². The second-order valence-electron chi connectivity index (χ2n) is 5.46. The Morgan fingerprint density at radius 3 is 2.50 bits per heavy atom. The predicted molar refractivity (Wildman–Crippen MR) is 80.9 cm³/mol. The standard InChI is InChI=1S/C14H28N2OS/c1-4-17-10-13(11(2)3)16-14(18)15-12-8-6-5-7-9-12/h11-13H,4-10H2,1-3H3,(H2,15,16,18). The Morgan fingerprint density at radius 2 is 1.94 bits per heavy atom. The van der Waals surface area contributed by atoms with Gasteiger partial charge < -0.3 is 15.4 Å². The van der Waals surface area contributed by atoms with Crippen LogP contribution < -0.4 is 10.6 Å². The number of ether oxygens (including phenoxy) is 1. The topological polar surface area (TPSA) is 33.3 Å². The van der Waals surface area contributed by atoms with Gasteiger partial charge in [0.15, 0.2) is 5.11 Å². The largest absolute Gasteiger partial charge is 0.380 e. The summed E-state index contributed by atoms with van der Waals surface area (Å²) in [5.41, 5.74) is 0. The summed E-state index contributed by atoms with van der Waals surface area (Å²) >= 11 is 5.40. The summed E-state index contributed by atoms with van der Waals surface area (Å²) in [5, 5.41) is 7.63. The maximum absolute atomic E-state index is 5.50. The average Bonchev–Trinajstić information content (AvgIpc) is 2.35. The number of rotatable bonds is 6. The number of thiocarbonyl (C=S) groups is 1. The molecule has 106 valence electrons. The van der Waals surface area contributed by atoms with E-state index >= 15 is 0 Å². The van der Waals surface area contributed by atoms with Crippen LogP contribution in [-0.2, 0) is 4.74 Å². The van der Waals surface area contributed by atoms with Crippen molar-refractivity contribution >= 4 is 17.3 Å². The van der Waals surface area contributed by atoms with Crippen molar-refractivity contribution < 1.29 is 4.74 Å². The molecule has 1 saturated carbocycles. The van der Waals surface area contributed by atoms with Gasteiger partial charge in [0.25, 0.3) is 0 Å². The molecule has 1 rings (SSSR count). The molecule has 0 aromatic heterocycles. The van der Waals surface area contributed by atoms with Gasteiger partial charge in [-0.3, -0.25) is 0 Å². The summed E-state index contributed by atoms with van der Waals surface area (Å²) in [4.78, 5) is 0. The molecule has 0 radical (unpaired) electrons. The number of nitrogens with one attached hydrogen (secondary N) is 2. The van der Waals surface area contributed by atoms with Crippen molar-refractivity contribution in [3.05, 3.63) is 0 Å². The van der Waals surface area contributed by atoms with E-state index in [0.29, 0.717) is 18.0 Å². The second-order valence-corrected chi connectivity index (χ2v) is 5.87. The van der Waals surface area contributed by atoms with Gasteiger partial charge in [-0.25, -0.2) is 0 Å². The Bertz CT molecular complexity index is 240. The van der Waals surface area contributed by atoms with Crippen molar-refractivity contribution in [1.82, 2.24) is 10.6 Å². The minimum Gasteiger partial charge on any atom is -0.380 e. The first-order chi connectivity index (χ1) is 8.63. The van der Waals surface area contributed by atoms with E-state index in [9.17, 15) is 0 Å². The first-order valence-electron chi connectivity index (χ1n) is 7.28. The molecular formula is C14H28N2OS. The van der Waals surface area contributed by atoms with Crippen molar-refractivity contribution in [3.63, 3.8) is 0 Å². The molecule has 0 heterocycles. The highest BCUT2D eigenvalue weighted by Crippen LogP contribution is 2.17. The molecule has 2 N–H and O–H groups in total. The number of hydrogen-bond acceptors (Lipinski definition) is 2. The van der Waals surface area contributed by atoms with Crippen LogP contribution in [0.4, 0.5) is 0 Å². The highest BCUT2D eigenvalue weighted by molar-refractivity contribution is 7.80. The van der Waals surface area contributed by atoms with Crippen LogP contribution in [0.2, 0.25) is 0 Å². The molecule has 1 fully saturated rings. The lowest BCUT2D eigenvalue weighted by molar-refractivity contribution is 0.115. The van der Waals surface area contributed by atoms with Gasteiger partial charge in [0.1, 0.15) is 0 Å². The highest BCUT2D eigenvalue weighted by Gasteiger charge is 2.17. The first-order valence-corrected chi connectivity index (χ1v) is 7.69. The molecule has 1 unspecified atom stereocenters. The lowest BCUT2D eigenvalue weighted by Gasteiger charge is -2.28. The van der Waals surface area contributed by atoms with E-state index in [1.807, 2.05) is 6.92 Å². The minimum atomic E-state index is 0.300. The molecule has 0 amide bonds. The quantitative estimate of drug-likeness (QED) is 0.729. The van der Waals surface area contributed by atoms with E-state index in [-0.39, 0.29) is 0 Å². The van der Waals surface area contributed by atoms with Crippen molar-refractivity contribution in [2.75, 3.05) is 13.2 Å². The molecule has 0 saturated heterocycles. The fraction of sp³-hybridized carbons (Fsp3) is 0.929. The molecule has 1 aliphatic carbocycles. The minimum absolute atomic E-state index is 0.300. The number of hydrogen-bond donors (Lipinski definition) is 2. The van der Waals surface area contributed by atoms with Gasteiger partial charge in [-0.1, -0.05) is 33.1 Å². The molecule has 0 bridgehead atoms. The van der Waals surface area contributed by atoms with Crippen molar-refractivity contribution in [2.24, 2.45) is 5.92 Å². The van der Waals surface area contributed by atoms with Gasteiger partial charge in [0, 0.05) is 12.6 Å². The zero-order chi connectivity index (χ0) is 13.4. The van der Waals surface area contributed by atoms with Gasteiger partial charge in [-0.15, -0.1) is 0 Å². The Hall–Kier alpha value is -0.350. The van der Waals surface area contributed by atoms with Crippen LogP contribution in [0.5, 0.6) is 0 Å². The highest BCUT2D eigenvalue weighted by atomic mass is 32.1. The molecular weight excluding hydrogens is 244 g/mol. The lowest BCUT2D eigenvalue weighted by Crippen LogP contribution is -2.49. The van der Waals surface area contributed by atoms with E-state index in [1.165, 1.54) is 32.1 Å². The van der Waals surface area contributed by atoms with Gasteiger partial charge in [0.05, 0.1) is 12.6 Å². The molecule has 0 aromatic rings. The van der Waals surface area contributed by atoms with Gasteiger partial charge in [-0.2, -0.15) is 0 Å². The molecule has 0 spiro atoms. The predicted octanol–water partition coefficient (Wildman–Crippen LogP) is 2.84. The fourth-order valence-electron chi connectivity index (χ4n) is 2.29. The van der Waals surface area contributed by atoms with E-state index in [4.69, 9.17) is 17.0 Å². The summed E-state index contributed by atoms with van der Waals surface area (Å²) in [7, 11) is 0. The van der Waals surface area contributed by atoms with Crippen molar-refractivity contribution in [3.8, 4) is 0 Å². The maximum Gasteiger partial charge on any atom is 0.166 e. The van der Waals surface area contributed by atoms with E-state index in [2.05, 4.69) is 24.5 Å². The Labute approximate surface area is 117 Å². The zero-order valence-electron chi connectivity index (χ0n) is 12.0.